The molecule has 31 heavy (non-hydrogen) atoms. The molecule has 3 heteroatoms. The number of ether oxygens (including phenoxy) is 1. The van der Waals surface area contributed by atoms with Crippen LogP contribution in [0.4, 0.5) is 0 Å². The van der Waals surface area contributed by atoms with E-state index in [1.165, 1.54) is 21.9 Å². The summed E-state index contributed by atoms with van der Waals surface area (Å²) in [6, 6.07) is 31.8. The number of hydrogen-bond acceptors (Lipinski definition) is 2. The van der Waals surface area contributed by atoms with E-state index in [1.807, 2.05) is 18.2 Å². The summed E-state index contributed by atoms with van der Waals surface area (Å²) in [4.78, 5) is 4.87. The average Bonchev–Trinajstić information content (AvgIpc) is 3.15. The maximum atomic E-state index is 6.12. The van der Waals surface area contributed by atoms with E-state index >= 15 is 0 Å². The standard InChI is InChI=1S/C28H26N2O/c1-20(2)22-13-15-25(16-14-22)31-19-28-29-26-9-5-6-10-27(26)30(28)18-21-11-12-23-7-3-4-8-24(23)17-21/h3-17,20H,18-19H2,1-2H3. The first-order valence-corrected chi connectivity index (χ1v) is 10.8. The van der Waals surface area contributed by atoms with Crippen molar-refractivity contribution in [2.24, 2.45) is 0 Å². The molecule has 0 amide bonds. The summed E-state index contributed by atoms with van der Waals surface area (Å²) in [5.74, 6) is 2.32. The Morgan fingerprint density at radius 1 is 0.806 bits per heavy atom. The minimum atomic E-state index is 0.434. The molecule has 0 spiro atoms. The van der Waals surface area contributed by atoms with Crippen LogP contribution in [-0.2, 0) is 13.2 Å². The molecule has 0 saturated heterocycles. The van der Waals surface area contributed by atoms with E-state index in [1.54, 1.807) is 0 Å². The lowest BCUT2D eigenvalue weighted by Gasteiger charge is -2.12. The molecule has 0 aliphatic rings. The minimum absolute atomic E-state index is 0.434. The minimum Gasteiger partial charge on any atom is -0.486 e. The second-order valence-electron chi connectivity index (χ2n) is 8.30. The van der Waals surface area contributed by atoms with Gasteiger partial charge in [-0.15, -0.1) is 0 Å². The predicted molar refractivity (Wildman–Crippen MR) is 128 cm³/mol. The molecule has 0 N–H and O–H groups in total. The van der Waals surface area contributed by atoms with Gasteiger partial charge >= 0.3 is 0 Å². The Morgan fingerprint density at radius 3 is 2.35 bits per heavy atom. The largest absolute Gasteiger partial charge is 0.486 e. The van der Waals surface area contributed by atoms with E-state index in [2.05, 4.69) is 91.2 Å². The van der Waals surface area contributed by atoms with Gasteiger partial charge in [0.05, 0.1) is 11.0 Å². The van der Waals surface area contributed by atoms with E-state index in [4.69, 9.17) is 9.72 Å². The highest BCUT2D eigenvalue weighted by Crippen LogP contribution is 2.23. The van der Waals surface area contributed by atoms with Gasteiger partial charge in [0, 0.05) is 6.54 Å². The number of para-hydroxylation sites is 2. The fourth-order valence-electron chi connectivity index (χ4n) is 4.03. The number of rotatable bonds is 6. The van der Waals surface area contributed by atoms with Crippen molar-refractivity contribution < 1.29 is 4.74 Å². The van der Waals surface area contributed by atoms with Crippen LogP contribution >= 0.6 is 0 Å². The lowest BCUT2D eigenvalue weighted by Crippen LogP contribution is -2.08. The smallest absolute Gasteiger partial charge is 0.148 e. The second-order valence-corrected chi connectivity index (χ2v) is 8.30. The first-order chi connectivity index (χ1) is 15.2. The van der Waals surface area contributed by atoms with Crippen molar-refractivity contribution in [1.29, 1.82) is 0 Å². The van der Waals surface area contributed by atoms with Gasteiger partial charge < -0.3 is 9.30 Å². The number of nitrogens with zero attached hydrogens (tertiary/aromatic N) is 2. The van der Waals surface area contributed by atoms with Crippen LogP contribution in [0.3, 0.4) is 0 Å². The molecule has 5 rings (SSSR count). The van der Waals surface area contributed by atoms with Crippen LogP contribution < -0.4 is 4.74 Å². The SMILES string of the molecule is CC(C)c1ccc(OCc2nc3ccccc3n2Cc2ccc3ccccc3c2)cc1. The van der Waals surface area contributed by atoms with Gasteiger partial charge in [-0.05, 0) is 58.1 Å². The van der Waals surface area contributed by atoms with Gasteiger partial charge in [-0.2, -0.15) is 0 Å². The Kier molecular flexibility index (Phi) is 5.17. The molecule has 1 heterocycles. The van der Waals surface area contributed by atoms with E-state index in [0.29, 0.717) is 12.5 Å². The molecule has 0 saturated carbocycles. The third kappa shape index (κ3) is 4.04. The first-order valence-electron chi connectivity index (χ1n) is 10.8. The molecule has 0 fully saturated rings. The maximum absolute atomic E-state index is 6.12. The monoisotopic (exact) mass is 406 g/mol. The molecule has 0 atom stereocenters. The van der Waals surface area contributed by atoms with Gasteiger partial charge in [0.25, 0.3) is 0 Å². The summed E-state index contributed by atoms with van der Waals surface area (Å²) in [6.07, 6.45) is 0. The molecule has 0 bridgehead atoms. The number of benzene rings is 4. The molecular weight excluding hydrogens is 380 g/mol. The quantitative estimate of drug-likeness (QED) is 0.305. The first kappa shape index (κ1) is 19.4. The summed E-state index contributed by atoms with van der Waals surface area (Å²) in [5, 5.41) is 2.52. The fourth-order valence-corrected chi connectivity index (χ4v) is 4.03. The fraction of sp³-hybridized carbons (Fsp3) is 0.179. The van der Waals surface area contributed by atoms with Crippen LogP contribution in [-0.4, -0.2) is 9.55 Å². The highest BCUT2D eigenvalue weighted by atomic mass is 16.5. The second kappa shape index (κ2) is 8.27. The van der Waals surface area contributed by atoms with Crippen molar-refractivity contribution in [2.75, 3.05) is 0 Å². The molecule has 154 valence electrons. The summed E-state index contributed by atoms with van der Waals surface area (Å²) in [5.41, 5.74) is 4.70. The van der Waals surface area contributed by atoms with Gasteiger partial charge in [0.2, 0.25) is 0 Å². The number of fused-ring (bicyclic) bond motifs is 2. The van der Waals surface area contributed by atoms with Crippen LogP contribution in [0, 0.1) is 0 Å². The Hall–Kier alpha value is -3.59. The third-order valence-corrected chi connectivity index (χ3v) is 5.80. The molecule has 5 aromatic rings. The molecule has 0 aliphatic carbocycles. The Morgan fingerprint density at radius 2 is 1.55 bits per heavy atom. The molecule has 1 aromatic heterocycles. The summed E-state index contributed by atoms with van der Waals surface area (Å²) < 4.78 is 8.39. The van der Waals surface area contributed by atoms with Gasteiger partial charge in [0.15, 0.2) is 0 Å². The highest BCUT2D eigenvalue weighted by molar-refractivity contribution is 5.83. The zero-order valence-corrected chi connectivity index (χ0v) is 18.0. The molecule has 4 aromatic carbocycles. The molecular formula is C28H26N2O. The molecule has 0 aliphatic heterocycles. The lowest BCUT2D eigenvalue weighted by molar-refractivity contribution is 0.291. The van der Waals surface area contributed by atoms with Crippen molar-refractivity contribution in [3.05, 3.63) is 108 Å². The Labute approximate surface area is 182 Å². The average molecular weight is 407 g/mol. The number of imidazole rings is 1. The Bertz CT molecular complexity index is 1330. The van der Waals surface area contributed by atoms with Gasteiger partial charge in [-0.25, -0.2) is 4.98 Å². The van der Waals surface area contributed by atoms with Crippen LogP contribution in [0.1, 0.15) is 36.7 Å². The summed E-state index contributed by atoms with van der Waals surface area (Å²) in [7, 11) is 0. The summed E-state index contributed by atoms with van der Waals surface area (Å²) in [6.45, 7) is 5.59. The lowest BCUT2D eigenvalue weighted by atomic mass is 10.0. The van der Waals surface area contributed by atoms with Gasteiger partial charge in [-0.3, -0.25) is 0 Å². The molecule has 0 radical (unpaired) electrons. The highest BCUT2D eigenvalue weighted by Gasteiger charge is 2.12. The van der Waals surface area contributed by atoms with Crippen LogP contribution in [0.5, 0.6) is 5.75 Å². The van der Waals surface area contributed by atoms with Crippen LogP contribution in [0.15, 0.2) is 91.0 Å². The van der Waals surface area contributed by atoms with Gasteiger partial charge in [-0.1, -0.05) is 74.5 Å². The normalized spacial score (nSPS) is 11.5. The maximum Gasteiger partial charge on any atom is 0.148 e. The van der Waals surface area contributed by atoms with Crippen LogP contribution in [0.25, 0.3) is 21.8 Å². The molecule has 3 nitrogen and oxygen atoms in total. The number of hydrogen-bond donors (Lipinski definition) is 0. The van der Waals surface area contributed by atoms with E-state index in [0.717, 1.165) is 29.2 Å². The van der Waals surface area contributed by atoms with E-state index in [9.17, 15) is 0 Å². The number of aromatic nitrogens is 2. The summed E-state index contributed by atoms with van der Waals surface area (Å²) >= 11 is 0. The Balaban J connectivity index is 1.44. The van der Waals surface area contributed by atoms with E-state index in [-0.39, 0.29) is 0 Å². The van der Waals surface area contributed by atoms with Crippen molar-refractivity contribution in [3.63, 3.8) is 0 Å². The van der Waals surface area contributed by atoms with Crippen molar-refractivity contribution in [1.82, 2.24) is 9.55 Å². The van der Waals surface area contributed by atoms with Gasteiger partial charge in [0.1, 0.15) is 18.2 Å². The third-order valence-electron chi connectivity index (χ3n) is 5.80. The zero-order valence-electron chi connectivity index (χ0n) is 18.0. The van der Waals surface area contributed by atoms with Crippen LogP contribution in [0.2, 0.25) is 0 Å². The van der Waals surface area contributed by atoms with Crippen molar-refractivity contribution in [2.45, 2.75) is 32.9 Å². The topological polar surface area (TPSA) is 27.1 Å². The van der Waals surface area contributed by atoms with Crippen molar-refractivity contribution in [3.8, 4) is 5.75 Å². The predicted octanol–water partition coefficient (Wildman–Crippen LogP) is 6.94. The zero-order chi connectivity index (χ0) is 21.2. The van der Waals surface area contributed by atoms with E-state index < -0.39 is 0 Å². The van der Waals surface area contributed by atoms with Crippen molar-refractivity contribution >= 4 is 21.8 Å². The molecule has 0 unspecified atom stereocenters.